The zero-order valence-electron chi connectivity index (χ0n) is 9.39. The van der Waals surface area contributed by atoms with E-state index in [1.165, 1.54) is 5.57 Å². The standard InChI is InChI=1S/C11H21NO/c1-6-9(2)7-8-11(4,5)10(3)12-13/h7,13H,6,8H2,1-5H3/b9-7+,12-10+. The van der Waals surface area contributed by atoms with Crippen LogP contribution in [-0.4, -0.2) is 10.9 Å². The van der Waals surface area contributed by atoms with Crippen LogP contribution in [0.25, 0.3) is 0 Å². The first-order valence-corrected chi connectivity index (χ1v) is 4.78. The van der Waals surface area contributed by atoms with Gasteiger partial charge in [0.05, 0.1) is 5.71 Å². The van der Waals surface area contributed by atoms with Gasteiger partial charge in [-0.3, -0.25) is 0 Å². The third kappa shape index (κ3) is 4.11. The first kappa shape index (κ1) is 12.2. The average molecular weight is 183 g/mol. The summed E-state index contributed by atoms with van der Waals surface area (Å²) in [6.45, 7) is 10.3. The Balaban J connectivity index is 4.35. The summed E-state index contributed by atoms with van der Waals surface area (Å²) >= 11 is 0. The fourth-order valence-electron chi connectivity index (χ4n) is 0.857. The van der Waals surface area contributed by atoms with Crippen molar-refractivity contribution in [1.29, 1.82) is 0 Å². The second-order valence-electron chi connectivity index (χ2n) is 4.18. The lowest BCUT2D eigenvalue weighted by Crippen LogP contribution is -2.20. The van der Waals surface area contributed by atoms with Crippen LogP contribution < -0.4 is 0 Å². The molecule has 0 fully saturated rings. The van der Waals surface area contributed by atoms with Crippen LogP contribution in [0.5, 0.6) is 0 Å². The molecule has 76 valence electrons. The molecule has 0 unspecified atom stereocenters. The summed E-state index contributed by atoms with van der Waals surface area (Å²) in [5.74, 6) is 0. The number of oxime groups is 1. The Bertz CT molecular complexity index is 214. The van der Waals surface area contributed by atoms with Crippen molar-refractivity contribution in [3.05, 3.63) is 11.6 Å². The zero-order chi connectivity index (χ0) is 10.5. The van der Waals surface area contributed by atoms with Gasteiger partial charge in [0, 0.05) is 5.41 Å². The maximum Gasteiger partial charge on any atom is 0.0599 e. The van der Waals surface area contributed by atoms with Gasteiger partial charge in [-0.2, -0.15) is 0 Å². The Morgan fingerprint density at radius 3 is 2.31 bits per heavy atom. The molecule has 0 bridgehead atoms. The summed E-state index contributed by atoms with van der Waals surface area (Å²) in [4.78, 5) is 0. The van der Waals surface area contributed by atoms with Gasteiger partial charge in [0.1, 0.15) is 0 Å². The van der Waals surface area contributed by atoms with Gasteiger partial charge in [-0.25, -0.2) is 0 Å². The molecule has 13 heavy (non-hydrogen) atoms. The van der Waals surface area contributed by atoms with E-state index < -0.39 is 0 Å². The molecule has 0 amide bonds. The maximum atomic E-state index is 8.66. The van der Waals surface area contributed by atoms with Gasteiger partial charge in [0.25, 0.3) is 0 Å². The van der Waals surface area contributed by atoms with Crippen molar-refractivity contribution in [2.75, 3.05) is 0 Å². The van der Waals surface area contributed by atoms with Crippen molar-refractivity contribution in [3.8, 4) is 0 Å². The molecule has 2 nitrogen and oxygen atoms in total. The Morgan fingerprint density at radius 2 is 1.92 bits per heavy atom. The molecule has 0 spiro atoms. The normalized spacial score (nSPS) is 14.8. The Labute approximate surface area is 81.3 Å². The molecule has 1 N–H and O–H groups in total. The lowest BCUT2D eigenvalue weighted by molar-refractivity contribution is 0.308. The minimum atomic E-state index is -0.0365. The highest BCUT2D eigenvalue weighted by Gasteiger charge is 2.20. The third-order valence-corrected chi connectivity index (χ3v) is 2.65. The van der Waals surface area contributed by atoms with E-state index >= 15 is 0 Å². The minimum Gasteiger partial charge on any atom is -0.411 e. The van der Waals surface area contributed by atoms with E-state index in [0.717, 1.165) is 18.6 Å². The van der Waals surface area contributed by atoms with Crippen LogP contribution in [0.4, 0.5) is 0 Å². The lowest BCUT2D eigenvalue weighted by Gasteiger charge is -2.21. The Kier molecular flexibility index (Phi) is 4.74. The number of rotatable bonds is 4. The highest BCUT2D eigenvalue weighted by molar-refractivity contribution is 5.86. The van der Waals surface area contributed by atoms with Gasteiger partial charge in [0.2, 0.25) is 0 Å². The lowest BCUT2D eigenvalue weighted by atomic mass is 9.84. The SMILES string of the molecule is CC/C(C)=C/CC(C)(C)/C(C)=N/O. The fourth-order valence-corrected chi connectivity index (χ4v) is 0.857. The zero-order valence-corrected chi connectivity index (χ0v) is 9.39. The quantitative estimate of drug-likeness (QED) is 0.307. The smallest absolute Gasteiger partial charge is 0.0599 e. The second-order valence-corrected chi connectivity index (χ2v) is 4.18. The van der Waals surface area contributed by atoms with Gasteiger partial charge >= 0.3 is 0 Å². The molecule has 0 aromatic rings. The Hall–Kier alpha value is -0.790. The Morgan fingerprint density at radius 1 is 1.38 bits per heavy atom. The van der Waals surface area contributed by atoms with E-state index in [0.29, 0.717) is 0 Å². The minimum absolute atomic E-state index is 0.0365. The topological polar surface area (TPSA) is 32.6 Å². The van der Waals surface area contributed by atoms with Gasteiger partial charge in [-0.15, -0.1) is 0 Å². The van der Waals surface area contributed by atoms with Crippen LogP contribution in [0.1, 0.15) is 47.5 Å². The molecule has 0 aromatic carbocycles. The maximum absolute atomic E-state index is 8.66. The monoisotopic (exact) mass is 183 g/mol. The molecular formula is C11H21NO. The van der Waals surface area contributed by atoms with Crippen LogP contribution in [0, 0.1) is 5.41 Å². The van der Waals surface area contributed by atoms with Crippen molar-refractivity contribution in [2.45, 2.75) is 47.5 Å². The van der Waals surface area contributed by atoms with Crippen LogP contribution in [0.2, 0.25) is 0 Å². The van der Waals surface area contributed by atoms with Crippen molar-refractivity contribution in [1.82, 2.24) is 0 Å². The molecule has 0 saturated carbocycles. The fraction of sp³-hybridized carbons (Fsp3) is 0.727. The molecule has 0 aliphatic carbocycles. The number of hydrogen-bond acceptors (Lipinski definition) is 2. The van der Waals surface area contributed by atoms with E-state index in [9.17, 15) is 0 Å². The third-order valence-electron chi connectivity index (χ3n) is 2.65. The summed E-state index contributed by atoms with van der Waals surface area (Å²) < 4.78 is 0. The van der Waals surface area contributed by atoms with Crippen LogP contribution in [-0.2, 0) is 0 Å². The van der Waals surface area contributed by atoms with E-state index in [1.807, 2.05) is 6.92 Å². The van der Waals surface area contributed by atoms with Gasteiger partial charge in [-0.1, -0.05) is 37.6 Å². The first-order chi connectivity index (χ1) is 5.94. The van der Waals surface area contributed by atoms with Gasteiger partial charge < -0.3 is 5.21 Å². The molecular weight excluding hydrogens is 162 g/mol. The predicted molar refractivity (Wildman–Crippen MR) is 57.3 cm³/mol. The van der Waals surface area contributed by atoms with Crippen LogP contribution >= 0.6 is 0 Å². The molecule has 0 aliphatic rings. The van der Waals surface area contributed by atoms with Crippen molar-refractivity contribution in [2.24, 2.45) is 10.6 Å². The molecule has 0 radical (unpaired) electrons. The summed E-state index contributed by atoms with van der Waals surface area (Å²) in [5, 5.41) is 11.9. The average Bonchev–Trinajstić information content (AvgIpc) is 2.12. The number of nitrogens with zero attached hydrogens (tertiary/aromatic N) is 1. The van der Waals surface area contributed by atoms with Crippen LogP contribution in [0.3, 0.4) is 0 Å². The number of allylic oxidation sites excluding steroid dienone is 2. The molecule has 0 heterocycles. The van der Waals surface area contributed by atoms with Crippen molar-refractivity contribution < 1.29 is 5.21 Å². The van der Waals surface area contributed by atoms with E-state index in [2.05, 4.69) is 38.9 Å². The summed E-state index contributed by atoms with van der Waals surface area (Å²) in [7, 11) is 0. The molecule has 0 aromatic heterocycles. The summed E-state index contributed by atoms with van der Waals surface area (Å²) in [6.07, 6.45) is 4.24. The van der Waals surface area contributed by atoms with Gasteiger partial charge in [0.15, 0.2) is 0 Å². The molecule has 0 saturated heterocycles. The van der Waals surface area contributed by atoms with Crippen molar-refractivity contribution >= 4 is 5.71 Å². The summed E-state index contributed by atoms with van der Waals surface area (Å²) in [6, 6.07) is 0. The van der Waals surface area contributed by atoms with Gasteiger partial charge in [-0.05, 0) is 26.7 Å². The van der Waals surface area contributed by atoms with Crippen LogP contribution in [0.15, 0.2) is 16.8 Å². The predicted octanol–water partition coefficient (Wildman–Crippen LogP) is 3.61. The molecule has 0 rings (SSSR count). The molecule has 2 heteroatoms. The largest absolute Gasteiger partial charge is 0.411 e. The highest BCUT2D eigenvalue weighted by Crippen LogP contribution is 2.24. The molecule has 0 atom stereocenters. The first-order valence-electron chi connectivity index (χ1n) is 4.78. The summed E-state index contributed by atoms with van der Waals surface area (Å²) in [5.41, 5.74) is 2.14. The second kappa shape index (κ2) is 5.05. The van der Waals surface area contributed by atoms with E-state index in [4.69, 9.17) is 5.21 Å². The molecule has 0 aliphatic heterocycles. The van der Waals surface area contributed by atoms with E-state index in [-0.39, 0.29) is 5.41 Å². The highest BCUT2D eigenvalue weighted by atomic mass is 16.4. The van der Waals surface area contributed by atoms with E-state index in [1.54, 1.807) is 0 Å². The van der Waals surface area contributed by atoms with Crippen molar-refractivity contribution in [3.63, 3.8) is 0 Å². The number of hydrogen-bond donors (Lipinski definition) is 1.